The van der Waals surface area contributed by atoms with Crippen molar-refractivity contribution >= 4 is 28.9 Å². The average molecular weight is 300 g/mol. The molecule has 0 spiro atoms. The first-order valence-corrected chi connectivity index (χ1v) is 7.89. The van der Waals surface area contributed by atoms with Gasteiger partial charge >= 0.3 is 0 Å². The molecule has 1 aromatic rings. The summed E-state index contributed by atoms with van der Waals surface area (Å²) < 4.78 is 0.862. The molecule has 1 N–H and O–H groups in total. The molecule has 1 fully saturated rings. The highest BCUT2D eigenvalue weighted by atomic mass is 35.5. The molecule has 1 aliphatic heterocycles. The molecule has 1 saturated heterocycles. The van der Waals surface area contributed by atoms with Crippen molar-refractivity contribution in [2.45, 2.75) is 26.7 Å². The SMILES string of the molecule is CN=C(NCCc1ccc(Cl)s1)N1CCC(C)(C)C1. The van der Waals surface area contributed by atoms with Gasteiger partial charge in [-0.15, -0.1) is 11.3 Å². The summed E-state index contributed by atoms with van der Waals surface area (Å²) in [6, 6.07) is 4.05. The van der Waals surface area contributed by atoms with Crippen molar-refractivity contribution in [3.8, 4) is 0 Å². The van der Waals surface area contributed by atoms with E-state index in [1.807, 2.05) is 13.1 Å². The van der Waals surface area contributed by atoms with Gasteiger partial charge in [0.25, 0.3) is 0 Å². The molecule has 0 bridgehead atoms. The van der Waals surface area contributed by atoms with Crippen LogP contribution in [0.5, 0.6) is 0 Å². The van der Waals surface area contributed by atoms with Crippen LogP contribution in [0.4, 0.5) is 0 Å². The first kappa shape index (κ1) is 14.7. The highest BCUT2D eigenvalue weighted by molar-refractivity contribution is 7.16. The van der Waals surface area contributed by atoms with Gasteiger partial charge in [0.15, 0.2) is 5.96 Å². The maximum Gasteiger partial charge on any atom is 0.193 e. The Labute approximate surface area is 124 Å². The number of nitrogens with one attached hydrogen (secondary N) is 1. The van der Waals surface area contributed by atoms with E-state index in [-0.39, 0.29) is 0 Å². The molecule has 0 aromatic carbocycles. The third-order valence-corrected chi connectivity index (χ3v) is 4.76. The van der Waals surface area contributed by atoms with Gasteiger partial charge in [-0.05, 0) is 30.4 Å². The van der Waals surface area contributed by atoms with Gasteiger partial charge in [-0.3, -0.25) is 4.99 Å². The summed E-state index contributed by atoms with van der Waals surface area (Å²) >= 11 is 7.58. The van der Waals surface area contributed by atoms with E-state index in [9.17, 15) is 0 Å². The molecule has 3 nitrogen and oxygen atoms in total. The molecule has 2 heterocycles. The van der Waals surface area contributed by atoms with Crippen molar-refractivity contribution in [1.29, 1.82) is 0 Å². The van der Waals surface area contributed by atoms with Gasteiger partial charge in [0.2, 0.25) is 0 Å². The molecular weight excluding hydrogens is 278 g/mol. The predicted molar refractivity (Wildman–Crippen MR) is 84.4 cm³/mol. The molecule has 1 aliphatic rings. The molecular formula is C14H22ClN3S. The molecule has 0 unspecified atom stereocenters. The van der Waals surface area contributed by atoms with Crippen LogP contribution in [0.15, 0.2) is 17.1 Å². The fourth-order valence-electron chi connectivity index (χ4n) is 2.41. The van der Waals surface area contributed by atoms with E-state index in [1.54, 1.807) is 11.3 Å². The Morgan fingerprint density at radius 3 is 2.84 bits per heavy atom. The summed E-state index contributed by atoms with van der Waals surface area (Å²) in [6.45, 7) is 7.71. The van der Waals surface area contributed by atoms with E-state index in [2.05, 4.69) is 35.1 Å². The molecule has 0 atom stereocenters. The summed E-state index contributed by atoms with van der Waals surface area (Å²) in [7, 11) is 1.86. The van der Waals surface area contributed by atoms with Crippen LogP contribution in [-0.4, -0.2) is 37.5 Å². The van der Waals surface area contributed by atoms with E-state index >= 15 is 0 Å². The number of hydrogen-bond donors (Lipinski definition) is 1. The minimum absolute atomic E-state index is 0.402. The Hall–Kier alpha value is -0.740. The number of nitrogens with zero attached hydrogens (tertiary/aromatic N) is 2. The number of thiophene rings is 1. The summed E-state index contributed by atoms with van der Waals surface area (Å²) in [5, 5.41) is 3.45. The third-order valence-electron chi connectivity index (χ3n) is 3.47. The minimum Gasteiger partial charge on any atom is -0.356 e. The lowest BCUT2D eigenvalue weighted by molar-refractivity contribution is 0.370. The van der Waals surface area contributed by atoms with Gasteiger partial charge in [-0.25, -0.2) is 0 Å². The van der Waals surface area contributed by atoms with Crippen molar-refractivity contribution in [2.75, 3.05) is 26.7 Å². The van der Waals surface area contributed by atoms with E-state index in [1.165, 1.54) is 11.3 Å². The second kappa shape index (κ2) is 6.14. The van der Waals surface area contributed by atoms with Crippen molar-refractivity contribution in [1.82, 2.24) is 10.2 Å². The van der Waals surface area contributed by atoms with Crippen LogP contribution in [-0.2, 0) is 6.42 Å². The van der Waals surface area contributed by atoms with Gasteiger partial charge < -0.3 is 10.2 Å². The van der Waals surface area contributed by atoms with Crippen LogP contribution in [0, 0.1) is 5.41 Å². The van der Waals surface area contributed by atoms with Gasteiger partial charge in [0, 0.05) is 31.6 Å². The number of rotatable bonds is 3. The van der Waals surface area contributed by atoms with Crippen LogP contribution >= 0.6 is 22.9 Å². The molecule has 0 radical (unpaired) electrons. The zero-order valence-corrected chi connectivity index (χ0v) is 13.4. The average Bonchev–Trinajstić information content (AvgIpc) is 2.91. The monoisotopic (exact) mass is 299 g/mol. The number of aliphatic imine (C=N–C) groups is 1. The number of hydrogen-bond acceptors (Lipinski definition) is 2. The molecule has 1 aromatic heterocycles. The standard InChI is InChI=1S/C14H22ClN3S/c1-14(2)7-9-18(10-14)13(16-3)17-8-6-11-4-5-12(15)19-11/h4-5H,6-10H2,1-3H3,(H,16,17). The van der Waals surface area contributed by atoms with Gasteiger partial charge in [0.05, 0.1) is 4.34 Å². The van der Waals surface area contributed by atoms with Crippen molar-refractivity contribution in [3.05, 3.63) is 21.3 Å². The summed E-state index contributed by atoms with van der Waals surface area (Å²) in [4.78, 5) is 8.04. The maximum absolute atomic E-state index is 5.93. The number of halogens is 1. The predicted octanol–water partition coefficient (Wildman–Crippen LogP) is 3.25. The number of guanidine groups is 1. The molecule has 0 saturated carbocycles. The quantitative estimate of drug-likeness (QED) is 0.685. The minimum atomic E-state index is 0.402. The lowest BCUT2D eigenvalue weighted by Gasteiger charge is -2.23. The van der Waals surface area contributed by atoms with Gasteiger partial charge in [-0.2, -0.15) is 0 Å². The van der Waals surface area contributed by atoms with E-state index in [0.717, 1.165) is 36.4 Å². The first-order valence-electron chi connectivity index (χ1n) is 6.70. The van der Waals surface area contributed by atoms with Crippen LogP contribution in [0.2, 0.25) is 4.34 Å². The first-order chi connectivity index (χ1) is 9.00. The van der Waals surface area contributed by atoms with Crippen LogP contribution < -0.4 is 5.32 Å². The Bertz CT molecular complexity index is 453. The zero-order chi connectivity index (χ0) is 13.9. The molecule has 2 rings (SSSR count). The molecule has 0 aliphatic carbocycles. The molecule has 19 heavy (non-hydrogen) atoms. The smallest absolute Gasteiger partial charge is 0.193 e. The molecule has 0 amide bonds. The Balaban J connectivity index is 1.81. The fraction of sp³-hybridized carbons (Fsp3) is 0.643. The Morgan fingerprint density at radius 2 is 2.32 bits per heavy atom. The van der Waals surface area contributed by atoms with E-state index in [0.29, 0.717) is 5.41 Å². The van der Waals surface area contributed by atoms with Gasteiger partial charge in [-0.1, -0.05) is 25.4 Å². The van der Waals surface area contributed by atoms with Crippen LogP contribution in [0.3, 0.4) is 0 Å². The van der Waals surface area contributed by atoms with Crippen molar-refractivity contribution < 1.29 is 0 Å². The van der Waals surface area contributed by atoms with E-state index < -0.39 is 0 Å². The fourth-order valence-corrected chi connectivity index (χ4v) is 3.50. The third kappa shape index (κ3) is 4.11. The number of likely N-dealkylation sites (tertiary alicyclic amines) is 1. The molecule has 5 heteroatoms. The molecule has 106 valence electrons. The Morgan fingerprint density at radius 1 is 1.53 bits per heavy atom. The normalized spacial score (nSPS) is 18.9. The largest absolute Gasteiger partial charge is 0.356 e. The second-order valence-corrected chi connectivity index (χ2v) is 7.57. The maximum atomic E-state index is 5.93. The van der Waals surface area contributed by atoms with Crippen LogP contribution in [0.25, 0.3) is 0 Å². The topological polar surface area (TPSA) is 27.6 Å². The zero-order valence-electron chi connectivity index (χ0n) is 11.9. The lowest BCUT2D eigenvalue weighted by Crippen LogP contribution is -2.41. The van der Waals surface area contributed by atoms with Crippen molar-refractivity contribution in [2.24, 2.45) is 10.4 Å². The summed E-state index contributed by atoms with van der Waals surface area (Å²) in [5.41, 5.74) is 0.402. The summed E-state index contributed by atoms with van der Waals surface area (Å²) in [5.74, 6) is 1.02. The van der Waals surface area contributed by atoms with E-state index in [4.69, 9.17) is 11.6 Å². The van der Waals surface area contributed by atoms with Gasteiger partial charge in [0.1, 0.15) is 0 Å². The van der Waals surface area contributed by atoms with Crippen LogP contribution in [0.1, 0.15) is 25.1 Å². The van der Waals surface area contributed by atoms with Crippen molar-refractivity contribution in [3.63, 3.8) is 0 Å². The Kier molecular flexibility index (Phi) is 4.74. The summed E-state index contributed by atoms with van der Waals surface area (Å²) in [6.07, 6.45) is 2.22. The highest BCUT2D eigenvalue weighted by Crippen LogP contribution is 2.28. The second-order valence-electron chi connectivity index (χ2n) is 5.77. The highest BCUT2D eigenvalue weighted by Gasteiger charge is 2.30. The lowest BCUT2D eigenvalue weighted by atomic mass is 9.93.